The van der Waals surface area contributed by atoms with E-state index in [2.05, 4.69) is 4.98 Å². The molecule has 1 aromatic heterocycles. The van der Waals surface area contributed by atoms with Gasteiger partial charge in [0.15, 0.2) is 0 Å². The number of carboxylic acid groups (broad SMARTS) is 1. The van der Waals surface area contributed by atoms with Crippen LogP contribution < -0.4 is 0 Å². The van der Waals surface area contributed by atoms with E-state index in [4.69, 9.17) is 5.11 Å². The van der Waals surface area contributed by atoms with E-state index < -0.39 is 18.1 Å². The van der Waals surface area contributed by atoms with E-state index in [1.807, 2.05) is 17.0 Å². The van der Waals surface area contributed by atoms with Crippen molar-refractivity contribution in [2.24, 2.45) is 0 Å². The molecule has 0 unspecified atom stereocenters. The predicted octanol–water partition coefficient (Wildman–Crippen LogP) is 0.491. The molecule has 0 radical (unpaired) electrons. The molecule has 0 aromatic carbocycles. The van der Waals surface area contributed by atoms with Crippen LogP contribution in [0.25, 0.3) is 0 Å². The maximum atomic E-state index is 11.1. The van der Waals surface area contributed by atoms with Crippen LogP contribution in [0.5, 0.6) is 0 Å². The maximum absolute atomic E-state index is 11.1. The van der Waals surface area contributed by atoms with Gasteiger partial charge in [-0.2, -0.15) is 0 Å². The van der Waals surface area contributed by atoms with E-state index >= 15 is 0 Å². The van der Waals surface area contributed by atoms with E-state index in [-0.39, 0.29) is 0 Å². The molecule has 0 amide bonds. The number of hydrogen-bond donors (Lipinski definition) is 2. The Morgan fingerprint density at radius 1 is 1.47 bits per heavy atom. The van der Waals surface area contributed by atoms with Gasteiger partial charge in [0.05, 0.1) is 6.10 Å². The molecule has 1 aromatic rings. The standard InChI is InChI=1S/C12H16N2O3/c15-10-3-6-14(11(7-10)12(16)17)8-9-1-4-13-5-2-9/h1-2,4-5,10-11,15H,3,6-8H2,(H,16,17)/t10-,11+/m0/s1. The third-order valence-corrected chi connectivity index (χ3v) is 3.11. The molecule has 0 bridgehead atoms. The SMILES string of the molecule is O=C(O)[C@H]1C[C@@H](O)CCN1Cc1ccncc1. The Labute approximate surface area is 99.7 Å². The minimum atomic E-state index is -0.863. The van der Waals surface area contributed by atoms with Crippen molar-refractivity contribution >= 4 is 5.97 Å². The highest BCUT2D eigenvalue weighted by Gasteiger charge is 2.32. The van der Waals surface area contributed by atoms with Crippen LogP contribution in [-0.4, -0.2) is 44.8 Å². The number of aliphatic hydroxyl groups excluding tert-OH is 1. The molecule has 92 valence electrons. The van der Waals surface area contributed by atoms with Crippen LogP contribution in [0.3, 0.4) is 0 Å². The van der Waals surface area contributed by atoms with Gasteiger partial charge < -0.3 is 10.2 Å². The summed E-state index contributed by atoms with van der Waals surface area (Å²) in [5.74, 6) is -0.863. The van der Waals surface area contributed by atoms with Gasteiger partial charge in [-0.25, -0.2) is 0 Å². The van der Waals surface area contributed by atoms with Crippen LogP contribution in [0, 0.1) is 0 Å². The molecule has 17 heavy (non-hydrogen) atoms. The first kappa shape index (κ1) is 12.0. The summed E-state index contributed by atoms with van der Waals surface area (Å²) in [6, 6.07) is 3.17. The first-order valence-corrected chi connectivity index (χ1v) is 5.70. The monoisotopic (exact) mass is 236 g/mol. The lowest BCUT2D eigenvalue weighted by Crippen LogP contribution is -2.48. The summed E-state index contributed by atoms with van der Waals surface area (Å²) in [5, 5.41) is 18.7. The van der Waals surface area contributed by atoms with Gasteiger partial charge in [-0.15, -0.1) is 0 Å². The fourth-order valence-electron chi connectivity index (χ4n) is 2.16. The smallest absolute Gasteiger partial charge is 0.321 e. The Morgan fingerprint density at radius 3 is 2.82 bits per heavy atom. The van der Waals surface area contributed by atoms with E-state index in [0.717, 1.165) is 5.56 Å². The highest BCUT2D eigenvalue weighted by molar-refractivity contribution is 5.73. The lowest BCUT2D eigenvalue weighted by atomic mass is 9.99. The Hall–Kier alpha value is -1.46. The number of nitrogens with zero attached hydrogens (tertiary/aromatic N) is 2. The van der Waals surface area contributed by atoms with Crippen molar-refractivity contribution in [2.45, 2.75) is 31.5 Å². The van der Waals surface area contributed by atoms with Gasteiger partial charge in [-0.05, 0) is 30.5 Å². The Kier molecular flexibility index (Phi) is 3.71. The van der Waals surface area contributed by atoms with Gasteiger partial charge in [-0.1, -0.05) is 0 Å². The van der Waals surface area contributed by atoms with Gasteiger partial charge in [0, 0.05) is 25.5 Å². The molecule has 0 aliphatic carbocycles. The quantitative estimate of drug-likeness (QED) is 0.799. The number of pyridine rings is 1. The molecular formula is C12H16N2O3. The van der Waals surface area contributed by atoms with Crippen molar-refractivity contribution in [2.75, 3.05) is 6.54 Å². The van der Waals surface area contributed by atoms with Gasteiger partial charge in [0.1, 0.15) is 6.04 Å². The van der Waals surface area contributed by atoms with Crippen molar-refractivity contribution in [1.29, 1.82) is 0 Å². The second-order valence-corrected chi connectivity index (χ2v) is 4.36. The molecule has 2 atom stereocenters. The zero-order valence-electron chi connectivity index (χ0n) is 9.49. The molecule has 2 heterocycles. The fourth-order valence-corrected chi connectivity index (χ4v) is 2.16. The van der Waals surface area contributed by atoms with Gasteiger partial charge in [-0.3, -0.25) is 14.7 Å². The molecule has 0 spiro atoms. The first-order chi connectivity index (χ1) is 8.16. The van der Waals surface area contributed by atoms with Crippen molar-refractivity contribution in [1.82, 2.24) is 9.88 Å². The zero-order chi connectivity index (χ0) is 12.3. The lowest BCUT2D eigenvalue weighted by molar-refractivity contribution is -0.146. The number of aliphatic hydroxyl groups is 1. The summed E-state index contributed by atoms with van der Waals surface area (Å²) in [7, 11) is 0. The molecule has 5 nitrogen and oxygen atoms in total. The molecule has 1 fully saturated rings. The molecule has 5 heteroatoms. The molecule has 1 aliphatic heterocycles. The van der Waals surface area contributed by atoms with Gasteiger partial charge in [0.2, 0.25) is 0 Å². The average molecular weight is 236 g/mol. The number of rotatable bonds is 3. The minimum absolute atomic E-state index is 0.306. The number of aromatic nitrogens is 1. The van der Waals surface area contributed by atoms with Crippen molar-refractivity contribution in [3.05, 3.63) is 30.1 Å². The van der Waals surface area contributed by atoms with E-state index in [0.29, 0.717) is 25.9 Å². The van der Waals surface area contributed by atoms with Gasteiger partial charge in [0.25, 0.3) is 0 Å². The summed E-state index contributed by atoms with van der Waals surface area (Å²) >= 11 is 0. The number of carbonyl (C=O) groups is 1. The van der Waals surface area contributed by atoms with Crippen LogP contribution in [0.4, 0.5) is 0 Å². The van der Waals surface area contributed by atoms with Crippen LogP contribution >= 0.6 is 0 Å². The second-order valence-electron chi connectivity index (χ2n) is 4.36. The van der Waals surface area contributed by atoms with Crippen molar-refractivity contribution in [3.63, 3.8) is 0 Å². The fraction of sp³-hybridized carbons (Fsp3) is 0.500. The summed E-state index contributed by atoms with van der Waals surface area (Å²) < 4.78 is 0. The summed E-state index contributed by atoms with van der Waals surface area (Å²) in [6.45, 7) is 1.20. The number of carboxylic acids is 1. The molecular weight excluding hydrogens is 220 g/mol. The largest absolute Gasteiger partial charge is 0.480 e. The van der Waals surface area contributed by atoms with E-state index in [9.17, 15) is 9.90 Å². The van der Waals surface area contributed by atoms with E-state index in [1.54, 1.807) is 12.4 Å². The highest BCUT2D eigenvalue weighted by atomic mass is 16.4. The van der Waals surface area contributed by atoms with Crippen molar-refractivity contribution in [3.8, 4) is 0 Å². The van der Waals surface area contributed by atoms with Crippen molar-refractivity contribution < 1.29 is 15.0 Å². The number of hydrogen-bond acceptors (Lipinski definition) is 4. The van der Waals surface area contributed by atoms with Crippen LogP contribution in [0.1, 0.15) is 18.4 Å². The third kappa shape index (κ3) is 3.01. The molecule has 0 saturated carbocycles. The normalized spacial score (nSPS) is 25.7. The topological polar surface area (TPSA) is 73.7 Å². The minimum Gasteiger partial charge on any atom is -0.480 e. The van der Waals surface area contributed by atoms with Gasteiger partial charge >= 0.3 is 5.97 Å². The number of aliphatic carboxylic acids is 1. The lowest BCUT2D eigenvalue weighted by Gasteiger charge is -2.35. The Morgan fingerprint density at radius 2 is 2.18 bits per heavy atom. The number of piperidine rings is 1. The Balaban J connectivity index is 2.06. The third-order valence-electron chi connectivity index (χ3n) is 3.11. The summed E-state index contributed by atoms with van der Waals surface area (Å²) in [5.41, 5.74) is 1.04. The maximum Gasteiger partial charge on any atom is 0.321 e. The number of likely N-dealkylation sites (tertiary alicyclic amines) is 1. The molecule has 2 rings (SSSR count). The van der Waals surface area contributed by atoms with Crippen LogP contribution in [0.15, 0.2) is 24.5 Å². The average Bonchev–Trinajstić information content (AvgIpc) is 2.32. The van der Waals surface area contributed by atoms with E-state index in [1.165, 1.54) is 0 Å². The summed E-state index contributed by atoms with van der Waals surface area (Å²) in [4.78, 5) is 17.0. The predicted molar refractivity (Wildman–Crippen MR) is 61.3 cm³/mol. The molecule has 1 aliphatic rings. The first-order valence-electron chi connectivity index (χ1n) is 5.70. The zero-order valence-corrected chi connectivity index (χ0v) is 9.49. The Bertz CT molecular complexity index is 383. The van der Waals surface area contributed by atoms with Crippen LogP contribution in [0.2, 0.25) is 0 Å². The highest BCUT2D eigenvalue weighted by Crippen LogP contribution is 2.20. The molecule has 2 N–H and O–H groups in total. The molecule has 1 saturated heterocycles. The second kappa shape index (κ2) is 5.25. The summed E-state index contributed by atoms with van der Waals surface area (Å²) in [6.07, 6.45) is 3.84. The van der Waals surface area contributed by atoms with Crippen LogP contribution in [-0.2, 0) is 11.3 Å².